The largest absolute Gasteiger partial charge is 0.504 e. The maximum absolute atomic E-state index is 12.8. The van der Waals surface area contributed by atoms with Crippen molar-refractivity contribution in [2.75, 3.05) is 12.8 Å². The van der Waals surface area contributed by atoms with E-state index >= 15 is 0 Å². The van der Waals surface area contributed by atoms with Crippen LogP contribution in [0, 0.1) is 0 Å². The molecule has 0 fully saturated rings. The first-order valence-electron chi connectivity index (χ1n) is 9.48. The van der Waals surface area contributed by atoms with E-state index in [2.05, 4.69) is 35.8 Å². The molecule has 0 radical (unpaired) electrons. The Bertz CT molecular complexity index is 1290. The van der Waals surface area contributed by atoms with Crippen LogP contribution < -0.4 is 15.9 Å². The predicted molar refractivity (Wildman–Crippen MR) is 119 cm³/mol. The van der Waals surface area contributed by atoms with Gasteiger partial charge in [-0.15, -0.1) is 16.9 Å². The molecule has 2 aromatic carbocycles. The number of amides is 1. The zero-order valence-corrected chi connectivity index (χ0v) is 18.1. The van der Waals surface area contributed by atoms with E-state index in [0.717, 1.165) is 4.90 Å². The van der Waals surface area contributed by atoms with Crippen molar-refractivity contribution in [1.82, 2.24) is 30.7 Å². The van der Waals surface area contributed by atoms with Crippen molar-refractivity contribution in [2.24, 2.45) is 5.10 Å². The van der Waals surface area contributed by atoms with Gasteiger partial charge in [0.2, 0.25) is 11.6 Å². The highest BCUT2D eigenvalue weighted by atomic mass is 32.2. The third-order valence-corrected chi connectivity index (χ3v) is 5.40. The summed E-state index contributed by atoms with van der Waals surface area (Å²) in [4.78, 5) is 13.8. The van der Waals surface area contributed by atoms with Gasteiger partial charge in [0.05, 0.1) is 19.0 Å². The van der Waals surface area contributed by atoms with Gasteiger partial charge in [-0.25, -0.2) is 10.1 Å². The monoisotopic (exact) mass is 466 g/mol. The molecule has 0 saturated carbocycles. The number of carbonyl (C=O) groups excluding carboxylic acids is 1. The second-order valence-electron chi connectivity index (χ2n) is 6.50. The smallest absolute Gasteiger partial charge is 0.293 e. The van der Waals surface area contributed by atoms with E-state index in [0.29, 0.717) is 17.0 Å². The van der Waals surface area contributed by atoms with Crippen molar-refractivity contribution in [2.45, 2.75) is 10.6 Å². The molecule has 0 saturated heterocycles. The number of anilines is 1. The second-order valence-corrected chi connectivity index (χ2v) is 7.55. The third kappa shape index (κ3) is 4.93. The van der Waals surface area contributed by atoms with Crippen LogP contribution in [0.5, 0.6) is 11.5 Å². The van der Waals surface area contributed by atoms with Gasteiger partial charge in [-0.2, -0.15) is 9.78 Å². The van der Waals surface area contributed by atoms with E-state index in [1.54, 1.807) is 12.1 Å². The van der Waals surface area contributed by atoms with Gasteiger partial charge >= 0.3 is 0 Å². The number of phenolic OH excluding ortho intramolecular Hbond substituents is 1. The summed E-state index contributed by atoms with van der Waals surface area (Å²) >= 11 is 1.48. The fourth-order valence-corrected chi connectivity index (χ4v) is 3.69. The van der Waals surface area contributed by atoms with Gasteiger partial charge < -0.3 is 15.6 Å². The molecule has 4 rings (SSSR count). The average Bonchev–Trinajstić information content (AvgIpc) is 3.45. The number of aromatic hydroxyl groups is 1. The van der Waals surface area contributed by atoms with Crippen LogP contribution in [0.15, 0.2) is 63.2 Å². The van der Waals surface area contributed by atoms with Gasteiger partial charge in [0, 0.05) is 10.6 Å². The number of carbonyl (C=O) groups is 1. The first-order chi connectivity index (χ1) is 16.1. The molecule has 0 spiro atoms. The Morgan fingerprint density at radius 2 is 2.12 bits per heavy atom. The lowest BCUT2D eigenvalue weighted by Crippen LogP contribution is -2.20. The molecule has 2 heterocycles. The highest BCUT2D eigenvalue weighted by Gasteiger charge is 2.24. The van der Waals surface area contributed by atoms with E-state index in [4.69, 9.17) is 10.5 Å². The number of aromatic nitrogens is 5. The molecule has 0 aliphatic carbocycles. The minimum Gasteiger partial charge on any atom is -0.504 e. The Hall–Kier alpha value is -4.39. The zero-order chi connectivity index (χ0) is 23.2. The summed E-state index contributed by atoms with van der Waals surface area (Å²) in [6, 6.07) is 14.3. The summed E-state index contributed by atoms with van der Waals surface area (Å²) in [6.07, 6.45) is 1.40. The highest BCUT2D eigenvalue weighted by molar-refractivity contribution is 7.98. The molecule has 0 bridgehead atoms. The van der Waals surface area contributed by atoms with Crippen LogP contribution in [-0.4, -0.2) is 49.6 Å². The van der Waals surface area contributed by atoms with Crippen LogP contribution in [0.3, 0.4) is 0 Å². The number of rotatable bonds is 8. The Morgan fingerprint density at radius 1 is 1.30 bits per heavy atom. The number of hydrazone groups is 1. The average molecular weight is 466 g/mol. The molecule has 2 aromatic heterocycles. The Labute approximate surface area is 191 Å². The lowest BCUT2D eigenvalue weighted by atomic mass is 10.2. The summed E-state index contributed by atoms with van der Waals surface area (Å²) in [5.74, 6) is 0.180. The lowest BCUT2D eigenvalue weighted by molar-refractivity contribution is 0.0949. The normalized spacial score (nSPS) is 11.1. The molecule has 4 aromatic rings. The number of nitrogen functional groups attached to an aromatic ring is 1. The van der Waals surface area contributed by atoms with Crippen LogP contribution in [0.4, 0.5) is 5.82 Å². The van der Waals surface area contributed by atoms with Crippen molar-refractivity contribution < 1.29 is 19.3 Å². The van der Waals surface area contributed by atoms with Crippen LogP contribution in [0.1, 0.15) is 21.7 Å². The Morgan fingerprint density at radius 3 is 2.85 bits per heavy atom. The molecular formula is C20H18N8O4S. The van der Waals surface area contributed by atoms with Gasteiger partial charge in [0.1, 0.15) is 0 Å². The molecule has 0 aliphatic rings. The van der Waals surface area contributed by atoms with E-state index in [-0.39, 0.29) is 28.8 Å². The zero-order valence-electron chi connectivity index (χ0n) is 17.2. The number of nitrogens with one attached hydrogen (secondary N) is 1. The quantitative estimate of drug-likeness (QED) is 0.198. The van der Waals surface area contributed by atoms with Crippen molar-refractivity contribution in [3.05, 3.63) is 65.5 Å². The lowest BCUT2D eigenvalue weighted by Gasteiger charge is -2.06. The number of phenols is 1. The van der Waals surface area contributed by atoms with E-state index < -0.39 is 5.91 Å². The van der Waals surface area contributed by atoms with E-state index in [1.807, 2.05) is 30.3 Å². The Balaban J connectivity index is 1.56. The SMILES string of the molecule is COc1cc(/C=N/NC(=O)c2nnn(-c3nonc3N)c2CSc2ccccc2)ccc1O. The number of ether oxygens (including phenoxy) is 1. The summed E-state index contributed by atoms with van der Waals surface area (Å²) in [5.41, 5.74) is 9.31. The topological polar surface area (TPSA) is 167 Å². The molecule has 0 aliphatic heterocycles. The van der Waals surface area contributed by atoms with Crippen molar-refractivity contribution in [3.8, 4) is 17.3 Å². The predicted octanol–water partition coefficient (Wildman–Crippen LogP) is 2.00. The fourth-order valence-electron chi connectivity index (χ4n) is 2.78. The fraction of sp³-hybridized carbons (Fsp3) is 0.100. The van der Waals surface area contributed by atoms with Gasteiger partial charge in [-0.05, 0) is 46.2 Å². The van der Waals surface area contributed by atoms with Crippen molar-refractivity contribution in [1.29, 1.82) is 0 Å². The third-order valence-electron chi connectivity index (χ3n) is 4.38. The molecular weight excluding hydrogens is 448 g/mol. The first kappa shape index (κ1) is 21.8. The van der Waals surface area contributed by atoms with Crippen LogP contribution in [0.25, 0.3) is 5.82 Å². The summed E-state index contributed by atoms with van der Waals surface area (Å²) in [6.45, 7) is 0. The number of thioether (sulfide) groups is 1. The van der Waals surface area contributed by atoms with Gasteiger partial charge in [0.25, 0.3) is 5.91 Å². The molecule has 33 heavy (non-hydrogen) atoms. The number of hydrogen-bond acceptors (Lipinski definition) is 11. The summed E-state index contributed by atoms with van der Waals surface area (Å²) in [7, 11) is 1.44. The Kier molecular flexibility index (Phi) is 6.50. The van der Waals surface area contributed by atoms with Gasteiger partial charge in [0.15, 0.2) is 17.2 Å². The number of nitrogens with zero attached hydrogens (tertiary/aromatic N) is 6. The molecule has 4 N–H and O–H groups in total. The number of methoxy groups -OCH3 is 1. The number of hydrogen-bond donors (Lipinski definition) is 3. The molecule has 168 valence electrons. The van der Waals surface area contributed by atoms with E-state index in [1.165, 1.54) is 35.8 Å². The molecule has 1 amide bonds. The first-order valence-corrected chi connectivity index (χ1v) is 10.5. The summed E-state index contributed by atoms with van der Waals surface area (Å²) < 4.78 is 11.0. The standard InChI is InChI=1S/C20H18N8O4S/c1-31-16-9-12(7-8-15(16)29)10-22-24-20(30)17-14(11-33-13-5-3-2-4-6-13)28(27-23-17)19-18(21)25-32-26-19/h2-10,29H,11H2,1H3,(H2,21,25)(H,24,30)/b22-10+. The van der Waals surface area contributed by atoms with Crippen molar-refractivity contribution >= 4 is 29.7 Å². The maximum atomic E-state index is 12.8. The molecule has 0 unspecified atom stereocenters. The van der Waals surface area contributed by atoms with Crippen LogP contribution in [-0.2, 0) is 5.75 Å². The molecule has 13 heteroatoms. The van der Waals surface area contributed by atoms with E-state index in [9.17, 15) is 9.90 Å². The van der Waals surface area contributed by atoms with Crippen LogP contribution >= 0.6 is 11.8 Å². The van der Waals surface area contributed by atoms with Crippen molar-refractivity contribution in [3.63, 3.8) is 0 Å². The number of benzene rings is 2. The molecule has 12 nitrogen and oxygen atoms in total. The maximum Gasteiger partial charge on any atom is 0.293 e. The van der Waals surface area contributed by atoms with Gasteiger partial charge in [-0.1, -0.05) is 23.4 Å². The number of nitrogens with two attached hydrogens (primary N) is 1. The summed E-state index contributed by atoms with van der Waals surface area (Å²) in [5, 5.41) is 28.9. The minimum atomic E-state index is -0.582. The van der Waals surface area contributed by atoms with Gasteiger partial charge in [-0.3, -0.25) is 4.79 Å². The highest BCUT2D eigenvalue weighted by Crippen LogP contribution is 2.26. The second kappa shape index (κ2) is 9.82. The molecule has 0 atom stereocenters. The minimum absolute atomic E-state index is 0.00234. The van der Waals surface area contributed by atoms with Crippen LogP contribution in [0.2, 0.25) is 0 Å².